The molecule has 0 N–H and O–H groups in total. The smallest absolute Gasteiger partial charge is 0.109 e. The molecule has 3 heteroatoms. The maximum Gasteiger partial charge on any atom is 0.109 e. The molecule has 2 rings (SSSR count). The minimum Gasteiger partial charge on any atom is -0.323 e. The monoisotopic (exact) mass is 210 g/mol. The number of fused-ring (bicyclic) bond motifs is 1. The van der Waals surface area contributed by atoms with Crippen LogP contribution >= 0.6 is 11.8 Å². The Labute approximate surface area is 90.1 Å². The summed E-state index contributed by atoms with van der Waals surface area (Å²) < 4.78 is 2.44. The van der Waals surface area contributed by atoms with E-state index in [1.54, 1.807) is 0 Å². The van der Waals surface area contributed by atoms with Crippen molar-refractivity contribution in [3.05, 3.63) is 11.5 Å². The summed E-state index contributed by atoms with van der Waals surface area (Å²) in [6, 6.07) is 0. The van der Waals surface area contributed by atoms with Crippen molar-refractivity contribution in [2.24, 2.45) is 0 Å². The van der Waals surface area contributed by atoms with Crippen LogP contribution in [-0.2, 0) is 19.4 Å². The highest BCUT2D eigenvalue weighted by atomic mass is 32.2. The van der Waals surface area contributed by atoms with Gasteiger partial charge in [0, 0.05) is 13.0 Å². The molecule has 78 valence electrons. The molecule has 0 fully saturated rings. The first-order valence-electron chi connectivity index (χ1n) is 5.57. The van der Waals surface area contributed by atoms with Crippen molar-refractivity contribution in [2.75, 3.05) is 5.75 Å². The van der Waals surface area contributed by atoms with E-state index in [9.17, 15) is 0 Å². The molecule has 0 bridgehead atoms. The molecule has 1 aromatic heterocycles. The van der Waals surface area contributed by atoms with Gasteiger partial charge in [-0.1, -0.05) is 13.8 Å². The average molecular weight is 210 g/mol. The first-order chi connectivity index (χ1) is 6.86. The Bertz CT molecular complexity index is 317. The molecule has 0 atom stereocenters. The number of imidazole rings is 1. The van der Waals surface area contributed by atoms with E-state index in [4.69, 9.17) is 4.98 Å². The summed E-state index contributed by atoms with van der Waals surface area (Å²) in [7, 11) is 0. The summed E-state index contributed by atoms with van der Waals surface area (Å²) in [5.41, 5.74) is 1.31. The number of hydrogen-bond acceptors (Lipinski definition) is 2. The number of nitrogens with zero attached hydrogens (tertiary/aromatic N) is 2. The summed E-state index contributed by atoms with van der Waals surface area (Å²) in [4.78, 5) is 4.73. The molecule has 1 aromatic rings. The molecule has 1 aliphatic rings. The Morgan fingerprint density at radius 3 is 2.93 bits per heavy atom. The maximum atomic E-state index is 4.73. The Kier molecular flexibility index (Phi) is 3.16. The van der Waals surface area contributed by atoms with Crippen molar-refractivity contribution in [1.82, 2.24) is 9.55 Å². The van der Waals surface area contributed by atoms with Gasteiger partial charge in [-0.2, -0.15) is 0 Å². The van der Waals surface area contributed by atoms with E-state index in [-0.39, 0.29) is 0 Å². The average Bonchev–Trinajstić information content (AvgIpc) is 2.58. The Hall–Kier alpha value is -0.440. The highest BCUT2D eigenvalue weighted by Crippen LogP contribution is 2.28. The molecule has 14 heavy (non-hydrogen) atoms. The van der Waals surface area contributed by atoms with E-state index in [1.165, 1.54) is 42.4 Å². The van der Waals surface area contributed by atoms with Crippen LogP contribution in [0.2, 0.25) is 0 Å². The standard InChI is InChI=1S/C11H18N2S/c1-3-9-11(14-4-2)13-8-6-5-7-10(13)12-9/h3-8H2,1-2H3. The molecule has 0 unspecified atom stereocenters. The van der Waals surface area contributed by atoms with E-state index in [0.29, 0.717) is 0 Å². The van der Waals surface area contributed by atoms with E-state index in [2.05, 4.69) is 18.4 Å². The quantitative estimate of drug-likeness (QED) is 0.714. The first kappa shape index (κ1) is 10.1. The van der Waals surface area contributed by atoms with Crippen molar-refractivity contribution < 1.29 is 0 Å². The molecular weight excluding hydrogens is 192 g/mol. The molecule has 0 spiro atoms. The van der Waals surface area contributed by atoms with E-state index in [1.807, 2.05) is 11.8 Å². The zero-order chi connectivity index (χ0) is 9.97. The highest BCUT2D eigenvalue weighted by Gasteiger charge is 2.18. The van der Waals surface area contributed by atoms with Crippen LogP contribution in [0.5, 0.6) is 0 Å². The van der Waals surface area contributed by atoms with Crippen LogP contribution < -0.4 is 0 Å². The molecule has 0 radical (unpaired) electrons. The summed E-state index contributed by atoms with van der Waals surface area (Å²) in [5.74, 6) is 2.47. The zero-order valence-corrected chi connectivity index (χ0v) is 9.86. The number of thioether (sulfide) groups is 1. The van der Waals surface area contributed by atoms with Crippen molar-refractivity contribution in [1.29, 1.82) is 0 Å². The summed E-state index contributed by atoms with van der Waals surface area (Å²) in [5, 5.41) is 1.43. The van der Waals surface area contributed by atoms with Gasteiger partial charge in [0.25, 0.3) is 0 Å². The van der Waals surface area contributed by atoms with Crippen LogP contribution in [-0.4, -0.2) is 15.3 Å². The fourth-order valence-corrected chi connectivity index (χ4v) is 3.02. The second kappa shape index (κ2) is 4.39. The molecule has 0 aliphatic carbocycles. The summed E-state index contributed by atoms with van der Waals surface area (Å²) in [6.45, 7) is 5.60. The Morgan fingerprint density at radius 1 is 1.36 bits per heavy atom. The van der Waals surface area contributed by atoms with Crippen LogP contribution in [0.1, 0.15) is 38.2 Å². The van der Waals surface area contributed by atoms with Crippen LogP contribution in [0.15, 0.2) is 5.03 Å². The minimum atomic E-state index is 1.07. The normalized spacial score (nSPS) is 15.6. The lowest BCUT2D eigenvalue weighted by Gasteiger charge is -2.15. The predicted molar refractivity (Wildman–Crippen MR) is 60.9 cm³/mol. The van der Waals surface area contributed by atoms with E-state index >= 15 is 0 Å². The molecule has 0 aromatic carbocycles. The third kappa shape index (κ3) is 1.70. The molecule has 0 saturated carbocycles. The first-order valence-corrected chi connectivity index (χ1v) is 6.56. The van der Waals surface area contributed by atoms with Gasteiger partial charge in [0.05, 0.1) is 10.7 Å². The third-order valence-corrected chi connectivity index (χ3v) is 3.73. The number of aromatic nitrogens is 2. The van der Waals surface area contributed by atoms with Gasteiger partial charge in [0.1, 0.15) is 5.82 Å². The van der Waals surface area contributed by atoms with Gasteiger partial charge >= 0.3 is 0 Å². The number of aryl methyl sites for hydroxylation is 2. The van der Waals surface area contributed by atoms with Crippen molar-refractivity contribution in [3.63, 3.8) is 0 Å². The van der Waals surface area contributed by atoms with Crippen LogP contribution in [0, 0.1) is 0 Å². The second-order valence-electron chi connectivity index (χ2n) is 3.68. The van der Waals surface area contributed by atoms with Gasteiger partial charge in [-0.3, -0.25) is 0 Å². The van der Waals surface area contributed by atoms with Gasteiger partial charge in [0.15, 0.2) is 0 Å². The highest BCUT2D eigenvalue weighted by molar-refractivity contribution is 7.99. The van der Waals surface area contributed by atoms with Gasteiger partial charge in [0.2, 0.25) is 0 Å². The third-order valence-electron chi connectivity index (χ3n) is 2.72. The number of rotatable bonds is 3. The van der Waals surface area contributed by atoms with Gasteiger partial charge in [-0.25, -0.2) is 4.98 Å². The van der Waals surface area contributed by atoms with Crippen LogP contribution in [0.3, 0.4) is 0 Å². The second-order valence-corrected chi connectivity index (χ2v) is 4.93. The lowest BCUT2D eigenvalue weighted by molar-refractivity contribution is 0.497. The lowest BCUT2D eigenvalue weighted by atomic mass is 10.2. The largest absolute Gasteiger partial charge is 0.323 e. The molecule has 2 heterocycles. The van der Waals surface area contributed by atoms with Crippen LogP contribution in [0.25, 0.3) is 0 Å². The van der Waals surface area contributed by atoms with Crippen molar-refractivity contribution in [2.45, 2.75) is 51.1 Å². The zero-order valence-electron chi connectivity index (χ0n) is 9.05. The maximum absolute atomic E-state index is 4.73. The van der Waals surface area contributed by atoms with E-state index in [0.717, 1.165) is 12.2 Å². The predicted octanol–water partition coefficient (Wildman–Crippen LogP) is 2.89. The lowest BCUT2D eigenvalue weighted by Crippen LogP contribution is -2.11. The molecule has 1 aliphatic heterocycles. The topological polar surface area (TPSA) is 17.8 Å². The minimum absolute atomic E-state index is 1.07. The van der Waals surface area contributed by atoms with Crippen molar-refractivity contribution in [3.8, 4) is 0 Å². The molecule has 0 saturated heterocycles. The SMILES string of the molecule is CCSc1c(CC)nc2n1CCCC2. The number of hydrogen-bond donors (Lipinski definition) is 0. The van der Waals surface area contributed by atoms with E-state index < -0.39 is 0 Å². The molecule has 0 amide bonds. The summed E-state index contributed by atoms with van der Waals surface area (Å²) in [6.07, 6.45) is 4.89. The fraction of sp³-hybridized carbons (Fsp3) is 0.727. The van der Waals surface area contributed by atoms with Crippen molar-refractivity contribution >= 4 is 11.8 Å². The summed E-state index contributed by atoms with van der Waals surface area (Å²) >= 11 is 1.95. The van der Waals surface area contributed by atoms with Crippen LogP contribution in [0.4, 0.5) is 0 Å². The molecule has 2 nitrogen and oxygen atoms in total. The van der Waals surface area contributed by atoms with Gasteiger partial charge in [-0.15, -0.1) is 11.8 Å². The Morgan fingerprint density at radius 2 is 2.21 bits per heavy atom. The van der Waals surface area contributed by atoms with Gasteiger partial charge in [-0.05, 0) is 25.0 Å². The fourth-order valence-electron chi connectivity index (χ4n) is 2.04. The Balaban J connectivity index is 2.37. The molecular formula is C11H18N2S. The van der Waals surface area contributed by atoms with Gasteiger partial charge < -0.3 is 4.57 Å².